The molecule has 0 aromatic heterocycles. The minimum Gasteiger partial charge on any atom is -0.399 e. The van der Waals surface area contributed by atoms with Crippen molar-refractivity contribution in [2.75, 3.05) is 23.4 Å². The lowest BCUT2D eigenvalue weighted by atomic mass is 10.2. The number of anilines is 2. The summed E-state index contributed by atoms with van der Waals surface area (Å²) in [5.41, 5.74) is 8.07. The summed E-state index contributed by atoms with van der Waals surface area (Å²) in [5, 5.41) is 11.9. The molecule has 18 heavy (non-hydrogen) atoms. The van der Waals surface area contributed by atoms with E-state index in [0.717, 1.165) is 11.3 Å². The van der Waals surface area contributed by atoms with Crippen LogP contribution in [0.4, 0.5) is 11.4 Å². The third-order valence-corrected chi connectivity index (χ3v) is 3.80. The lowest BCUT2D eigenvalue weighted by molar-refractivity contribution is -0.113. The quantitative estimate of drug-likeness (QED) is 0.690. The molecule has 0 bridgehead atoms. The first kappa shape index (κ1) is 14.9. The fourth-order valence-electron chi connectivity index (χ4n) is 1.44. The molecule has 0 heterocycles. The molecule has 0 spiro atoms. The van der Waals surface area contributed by atoms with Crippen molar-refractivity contribution in [3.05, 3.63) is 23.8 Å². The van der Waals surface area contributed by atoms with Crippen molar-refractivity contribution in [3.8, 4) is 0 Å². The molecule has 1 unspecified atom stereocenters. The number of aliphatic hydroxyl groups excluding tert-OH is 1. The molecule has 0 radical (unpaired) electrons. The second kappa shape index (κ2) is 7.28. The number of benzene rings is 1. The molecule has 1 aromatic rings. The maximum Gasteiger partial charge on any atom is 0.234 e. The van der Waals surface area contributed by atoms with Crippen LogP contribution in [-0.4, -0.2) is 28.6 Å². The molecule has 1 atom stereocenters. The minimum atomic E-state index is -0.0431. The average molecular weight is 268 g/mol. The Morgan fingerprint density at radius 3 is 2.94 bits per heavy atom. The molecule has 5 heteroatoms. The molecule has 1 aromatic carbocycles. The molecule has 0 aliphatic heterocycles. The van der Waals surface area contributed by atoms with E-state index < -0.39 is 0 Å². The molecule has 4 nitrogen and oxygen atoms in total. The Bertz CT molecular complexity index is 410. The van der Waals surface area contributed by atoms with Crippen LogP contribution >= 0.6 is 11.8 Å². The van der Waals surface area contributed by atoms with Crippen molar-refractivity contribution in [2.45, 2.75) is 25.5 Å². The van der Waals surface area contributed by atoms with Crippen molar-refractivity contribution in [1.82, 2.24) is 0 Å². The van der Waals surface area contributed by atoms with Crippen LogP contribution in [0.15, 0.2) is 18.2 Å². The number of aliphatic hydroxyl groups is 1. The Labute approximate surface area is 112 Å². The summed E-state index contributed by atoms with van der Waals surface area (Å²) in [6.07, 6.45) is 0.704. The highest BCUT2D eigenvalue weighted by Gasteiger charge is 2.08. The normalized spacial score (nSPS) is 12.2. The summed E-state index contributed by atoms with van der Waals surface area (Å²) in [5.74, 6) is 0.341. The monoisotopic (exact) mass is 268 g/mol. The van der Waals surface area contributed by atoms with E-state index in [1.54, 1.807) is 6.07 Å². The van der Waals surface area contributed by atoms with Gasteiger partial charge >= 0.3 is 0 Å². The summed E-state index contributed by atoms with van der Waals surface area (Å²) < 4.78 is 0. The summed E-state index contributed by atoms with van der Waals surface area (Å²) in [6, 6.07) is 5.45. The van der Waals surface area contributed by atoms with Gasteiger partial charge in [0.1, 0.15) is 0 Å². The molecule has 0 aliphatic rings. The third-order valence-electron chi connectivity index (χ3n) is 2.57. The number of aryl methyl sites for hydroxylation is 1. The van der Waals surface area contributed by atoms with Crippen LogP contribution in [0.3, 0.4) is 0 Å². The minimum absolute atomic E-state index is 0.0431. The van der Waals surface area contributed by atoms with E-state index in [2.05, 4.69) is 5.32 Å². The van der Waals surface area contributed by atoms with Crippen molar-refractivity contribution in [3.63, 3.8) is 0 Å². The highest BCUT2D eigenvalue weighted by Crippen LogP contribution is 2.19. The lowest BCUT2D eigenvalue weighted by Crippen LogP contribution is -2.17. The van der Waals surface area contributed by atoms with Crippen LogP contribution in [0.2, 0.25) is 0 Å². The molecule has 1 rings (SSSR count). The summed E-state index contributed by atoms with van der Waals surface area (Å²) in [4.78, 5) is 11.7. The van der Waals surface area contributed by atoms with Crippen molar-refractivity contribution >= 4 is 29.0 Å². The zero-order valence-electron chi connectivity index (χ0n) is 10.8. The number of hydrogen-bond acceptors (Lipinski definition) is 4. The fourth-order valence-corrected chi connectivity index (χ4v) is 2.22. The molecule has 100 valence electrons. The van der Waals surface area contributed by atoms with Gasteiger partial charge in [0, 0.05) is 23.2 Å². The molecule has 4 N–H and O–H groups in total. The number of carbonyl (C=O) groups excluding carboxylic acids is 1. The van der Waals surface area contributed by atoms with Gasteiger partial charge in [-0.1, -0.05) is 13.0 Å². The Balaban J connectivity index is 2.47. The summed E-state index contributed by atoms with van der Waals surface area (Å²) in [7, 11) is 0. The number of nitrogens with two attached hydrogens (primary N) is 1. The average Bonchev–Trinajstić information content (AvgIpc) is 2.32. The highest BCUT2D eigenvalue weighted by atomic mass is 32.2. The van der Waals surface area contributed by atoms with E-state index in [1.807, 2.05) is 26.0 Å². The zero-order valence-corrected chi connectivity index (χ0v) is 11.6. The molecule has 0 saturated carbocycles. The smallest absolute Gasteiger partial charge is 0.234 e. The second-order valence-corrected chi connectivity index (χ2v) is 5.68. The first-order valence-electron chi connectivity index (χ1n) is 5.91. The number of carbonyl (C=O) groups is 1. The highest BCUT2D eigenvalue weighted by molar-refractivity contribution is 8.00. The summed E-state index contributed by atoms with van der Waals surface area (Å²) >= 11 is 1.54. The van der Waals surface area contributed by atoms with Gasteiger partial charge in [-0.15, -0.1) is 11.8 Å². The third kappa shape index (κ3) is 4.98. The van der Waals surface area contributed by atoms with Crippen molar-refractivity contribution in [1.29, 1.82) is 0 Å². The number of thioether (sulfide) groups is 1. The lowest BCUT2D eigenvalue weighted by Gasteiger charge is -2.11. The Kier molecular flexibility index (Phi) is 6.01. The zero-order chi connectivity index (χ0) is 13.5. The van der Waals surface area contributed by atoms with Gasteiger partial charge in [0.15, 0.2) is 0 Å². The molecular weight excluding hydrogens is 248 g/mol. The Hall–Kier alpha value is -1.20. The van der Waals surface area contributed by atoms with Crippen molar-refractivity contribution in [2.24, 2.45) is 0 Å². The van der Waals surface area contributed by atoms with Gasteiger partial charge in [0.05, 0.1) is 5.75 Å². The van der Waals surface area contributed by atoms with E-state index in [1.165, 1.54) is 11.8 Å². The molecule has 0 saturated heterocycles. The van der Waals surface area contributed by atoms with Gasteiger partial charge in [-0.3, -0.25) is 4.79 Å². The maximum atomic E-state index is 11.7. The van der Waals surface area contributed by atoms with Crippen LogP contribution in [-0.2, 0) is 4.79 Å². The largest absolute Gasteiger partial charge is 0.399 e. The number of nitrogens with one attached hydrogen (secondary N) is 1. The van der Waals surface area contributed by atoms with Crippen LogP contribution in [0.25, 0.3) is 0 Å². The van der Waals surface area contributed by atoms with Crippen LogP contribution in [0.1, 0.15) is 18.9 Å². The van der Waals surface area contributed by atoms with Gasteiger partial charge in [0.2, 0.25) is 5.91 Å². The Morgan fingerprint density at radius 2 is 2.28 bits per heavy atom. The Morgan fingerprint density at radius 1 is 1.56 bits per heavy atom. The molecule has 0 fully saturated rings. The van der Waals surface area contributed by atoms with E-state index in [9.17, 15) is 4.79 Å². The molecular formula is C13H20N2O2S. The topological polar surface area (TPSA) is 75.3 Å². The number of rotatable bonds is 6. The standard InChI is InChI=1S/C13H20N2O2S/c1-9-3-4-11(14)7-12(9)15-13(17)8-18-10(2)5-6-16/h3-4,7,10,16H,5-6,8,14H2,1-2H3,(H,15,17). The van der Waals surface area contributed by atoms with E-state index >= 15 is 0 Å². The summed E-state index contributed by atoms with van der Waals surface area (Å²) in [6.45, 7) is 4.08. The maximum absolute atomic E-state index is 11.7. The second-order valence-electron chi connectivity index (χ2n) is 4.26. The predicted molar refractivity (Wildman–Crippen MR) is 77.8 cm³/mol. The molecule has 0 aliphatic carbocycles. The SMILES string of the molecule is Cc1ccc(N)cc1NC(=O)CSC(C)CCO. The van der Waals surface area contributed by atoms with Crippen LogP contribution in [0, 0.1) is 6.92 Å². The van der Waals surface area contributed by atoms with Gasteiger partial charge in [-0.2, -0.15) is 0 Å². The van der Waals surface area contributed by atoms with Gasteiger partial charge in [-0.05, 0) is 31.0 Å². The first-order chi connectivity index (χ1) is 8.52. The number of nitrogen functional groups attached to an aromatic ring is 1. The van der Waals surface area contributed by atoms with Gasteiger partial charge in [-0.25, -0.2) is 0 Å². The van der Waals surface area contributed by atoms with Crippen molar-refractivity contribution < 1.29 is 9.90 Å². The van der Waals surface area contributed by atoms with Crippen LogP contribution in [0.5, 0.6) is 0 Å². The van der Waals surface area contributed by atoms with Gasteiger partial charge < -0.3 is 16.2 Å². The first-order valence-corrected chi connectivity index (χ1v) is 6.96. The van der Waals surface area contributed by atoms with Gasteiger partial charge in [0.25, 0.3) is 0 Å². The van der Waals surface area contributed by atoms with E-state index in [0.29, 0.717) is 17.9 Å². The van der Waals surface area contributed by atoms with E-state index in [4.69, 9.17) is 10.8 Å². The number of hydrogen-bond donors (Lipinski definition) is 3. The fraction of sp³-hybridized carbons (Fsp3) is 0.462. The number of amides is 1. The van der Waals surface area contributed by atoms with Crippen LogP contribution < -0.4 is 11.1 Å². The van der Waals surface area contributed by atoms with E-state index in [-0.39, 0.29) is 17.8 Å². The molecule has 1 amide bonds. The predicted octanol–water partition coefficient (Wildman–Crippen LogP) is 2.02.